The lowest BCUT2D eigenvalue weighted by atomic mass is 9.95. The van der Waals surface area contributed by atoms with Crippen LogP contribution in [0.25, 0.3) is 6.08 Å². The zero-order chi connectivity index (χ0) is 29.1. The van der Waals surface area contributed by atoms with Gasteiger partial charge in [0, 0.05) is 6.92 Å². The van der Waals surface area contributed by atoms with E-state index in [2.05, 4.69) is 4.99 Å². The van der Waals surface area contributed by atoms with Crippen molar-refractivity contribution in [1.29, 1.82) is 0 Å². The predicted octanol–water partition coefficient (Wildman–Crippen LogP) is 4.13. The van der Waals surface area contributed by atoms with Gasteiger partial charge in [-0.25, -0.2) is 9.79 Å². The third-order valence-corrected chi connectivity index (χ3v) is 7.30. The smallest absolute Gasteiger partial charge is 0.338 e. The van der Waals surface area contributed by atoms with Crippen LogP contribution in [-0.4, -0.2) is 30.7 Å². The lowest BCUT2D eigenvalue weighted by Crippen LogP contribution is -2.39. The number of hydrogen-bond acceptors (Lipinski definition) is 9. The molecule has 10 heteroatoms. The minimum atomic E-state index is -0.853. The second-order valence-electron chi connectivity index (χ2n) is 9.06. The first-order valence-corrected chi connectivity index (χ1v) is 13.4. The van der Waals surface area contributed by atoms with Crippen LogP contribution in [0.1, 0.15) is 31.0 Å². The summed E-state index contributed by atoms with van der Waals surface area (Å²) in [7, 11) is 2.72. The Labute approximate surface area is 239 Å². The van der Waals surface area contributed by atoms with Gasteiger partial charge in [0.05, 0.1) is 36.1 Å². The number of carbonyl (C=O) groups excluding carboxylic acids is 2. The largest absolute Gasteiger partial charge is 0.493 e. The van der Waals surface area contributed by atoms with Gasteiger partial charge in [-0.05, 0) is 60.5 Å². The maximum Gasteiger partial charge on any atom is 0.338 e. The molecule has 41 heavy (non-hydrogen) atoms. The molecule has 1 aliphatic rings. The molecule has 4 aromatic rings. The first kappa shape index (κ1) is 27.6. The van der Waals surface area contributed by atoms with Crippen LogP contribution in [0.4, 0.5) is 0 Å². The molecule has 1 aromatic heterocycles. The van der Waals surface area contributed by atoms with Crippen molar-refractivity contribution < 1.29 is 28.5 Å². The standard InChI is InChI=1S/C31H26N2O7S/c1-18-27(30(36)38-4)28(21-13-14-24(39-19(2)34)25(17-21)37-3)33-29(35)26(41-31(33)32-18)16-20-9-8-12-23(15-20)40-22-10-6-5-7-11-22/h5-17,28H,1-4H3/b26-16+/t28-/m0/s1. The van der Waals surface area contributed by atoms with Crippen LogP contribution in [0.3, 0.4) is 0 Å². The zero-order valence-corrected chi connectivity index (χ0v) is 23.6. The number of fused-ring (bicyclic) bond motifs is 1. The molecule has 0 fully saturated rings. The average molecular weight is 571 g/mol. The fraction of sp³-hybridized carbons (Fsp3) is 0.161. The van der Waals surface area contributed by atoms with Gasteiger partial charge in [0.25, 0.3) is 5.56 Å². The highest BCUT2D eigenvalue weighted by Crippen LogP contribution is 2.36. The molecule has 0 saturated carbocycles. The van der Waals surface area contributed by atoms with Gasteiger partial charge in [0.15, 0.2) is 16.3 Å². The van der Waals surface area contributed by atoms with Crippen molar-refractivity contribution in [2.45, 2.75) is 19.9 Å². The first-order chi connectivity index (χ1) is 19.8. The number of rotatable bonds is 7. The summed E-state index contributed by atoms with van der Waals surface area (Å²) in [5, 5.41) is 0. The number of esters is 2. The molecule has 208 valence electrons. The number of carbonyl (C=O) groups is 2. The molecule has 0 bridgehead atoms. The monoisotopic (exact) mass is 570 g/mol. The van der Waals surface area contributed by atoms with Crippen molar-refractivity contribution >= 4 is 29.4 Å². The lowest BCUT2D eigenvalue weighted by molar-refractivity contribution is -0.136. The van der Waals surface area contributed by atoms with Gasteiger partial charge in [0.1, 0.15) is 11.5 Å². The number of allylic oxidation sites excluding steroid dienone is 1. The molecule has 1 aliphatic heterocycles. The van der Waals surface area contributed by atoms with Gasteiger partial charge in [-0.3, -0.25) is 14.2 Å². The second-order valence-corrected chi connectivity index (χ2v) is 10.1. The Morgan fingerprint density at radius 1 is 0.951 bits per heavy atom. The Balaban J connectivity index is 1.63. The molecular formula is C31H26N2O7S. The number of nitrogens with zero attached hydrogens (tertiary/aromatic N) is 2. The number of para-hydroxylation sites is 1. The highest BCUT2D eigenvalue weighted by atomic mass is 32.1. The zero-order valence-electron chi connectivity index (χ0n) is 22.7. The van der Waals surface area contributed by atoms with Gasteiger partial charge in [-0.1, -0.05) is 47.7 Å². The van der Waals surface area contributed by atoms with Crippen molar-refractivity contribution in [2.75, 3.05) is 14.2 Å². The minimum absolute atomic E-state index is 0.215. The number of hydrogen-bond donors (Lipinski definition) is 0. The summed E-state index contributed by atoms with van der Waals surface area (Å²) < 4.78 is 23.6. The lowest BCUT2D eigenvalue weighted by Gasteiger charge is -2.25. The van der Waals surface area contributed by atoms with Crippen LogP contribution < -0.4 is 29.1 Å². The van der Waals surface area contributed by atoms with E-state index in [-0.39, 0.29) is 22.6 Å². The van der Waals surface area contributed by atoms with Crippen LogP contribution in [0, 0.1) is 0 Å². The first-order valence-electron chi connectivity index (χ1n) is 12.6. The summed E-state index contributed by atoms with van der Waals surface area (Å²) in [4.78, 5) is 43.4. The highest BCUT2D eigenvalue weighted by Gasteiger charge is 2.33. The normalized spacial score (nSPS) is 14.6. The Hall–Kier alpha value is -4.96. The van der Waals surface area contributed by atoms with E-state index in [0.717, 1.165) is 5.56 Å². The SMILES string of the molecule is COC(=O)C1=C(C)N=c2s/c(=C/c3cccc(Oc4ccccc4)c3)c(=O)n2[C@H]1c1ccc(OC(C)=O)c(OC)c1. The average Bonchev–Trinajstić information content (AvgIpc) is 3.26. The fourth-order valence-electron chi connectivity index (χ4n) is 4.55. The van der Waals surface area contributed by atoms with Crippen LogP contribution in [0.15, 0.2) is 93.9 Å². The third-order valence-electron chi connectivity index (χ3n) is 6.32. The molecule has 0 spiro atoms. The van der Waals surface area contributed by atoms with Gasteiger partial charge in [0.2, 0.25) is 0 Å². The summed E-state index contributed by atoms with van der Waals surface area (Å²) >= 11 is 1.21. The number of methoxy groups -OCH3 is 2. The molecule has 9 nitrogen and oxygen atoms in total. The van der Waals surface area contributed by atoms with E-state index < -0.39 is 18.0 Å². The van der Waals surface area contributed by atoms with Crippen molar-refractivity contribution in [3.63, 3.8) is 0 Å². The van der Waals surface area contributed by atoms with Crippen LogP contribution >= 0.6 is 11.3 Å². The number of ether oxygens (including phenoxy) is 4. The molecule has 0 aliphatic carbocycles. The molecule has 0 unspecified atom stereocenters. The van der Waals surface area contributed by atoms with Gasteiger partial charge < -0.3 is 18.9 Å². The van der Waals surface area contributed by atoms with Gasteiger partial charge in [-0.15, -0.1) is 0 Å². The van der Waals surface area contributed by atoms with E-state index in [1.54, 1.807) is 31.2 Å². The van der Waals surface area contributed by atoms with E-state index in [0.29, 0.717) is 32.1 Å². The number of benzene rings is 3. The predicted molar refractivity (Wildman–Crippen MR) is 153 cm³/mol. The van der Waals surface area contributed by atoms with Gasteiger partial charge in [-0.2, -0.15) is 0 Å². The summed E-state index contributed by atoms with van der Waals surface area (Å²) in [6, 6.07) is 20.8. The summed E-state index contributed by atoms with van der Waals surface area (Å²) in [5.41, 5.74) is 1.63. The molecule has 5 rings (SSSR count). The van der Waals surface area contributed by atoms with E-state index in [1.807, 2.05) is 54.6 Å². The maximum absolute atomic E-state index is 13.9. The van der Waals surface area contributed by atoms with Crippen molar-refractivity contribution in [1.82, 2.24) is 4.57 Å². The maximum atomic E-state index is 13.9. The molecule has 0 saturated heterocycles. The van der Waals surface area contributed by atoms with Crippen molar-refractivity contribution in [2.24, 2.45) is 4.99 Å². The third kappa shape index (κ3) is 5.68. The molecule has 0 radical (unpaired) electrons. The highest BCUT2D eigenvalue weighted by molar-refractivity contribution is 7.07. The van der Waals surface area contributed by atoms with Crippen LogP contribution in [0.2, 0.25) is 0 Å². The Kier molecular flexibility index (Phi) is 7.84. The molecule has 0 amide bonds. The van der Waals surface area contributed by atoms with Crippen LogP contribution in [0.5, 0.6) is 23.0 Å². The molecule has 1 atom stereocenters. The summed E-state index contributed by atoms with van der Waals surface area (Å²) in [5.74, 6) is 0.694. The van der Waals surface area contributed by atoms with E-state index in [4.69, 9.17) is 18.9 Å². The number of thiazole rings is 1. The van der Waals surface area contributed by atoms with E-state index >= 15 is 0 Å². The molecule has 3 aromatic carbocycles. The van der Waals surface area contributed by atoms with Crippen LogP contribution in [-0.2, 0) is 14.3 Å². The molecular weight excluding hydrogens is 544 g/mol. The van der Waals surface area contributed by atoms with Crippen molar-refractivity contribution in [3.05, 3.63) is 115 Å². The Morgan fingerprint density at radius 3 is 2.41 bits per heavy atom. The van der Waals surface area contributed by atoms with Crippen molar-refractivity contribution in [3.8, 4) is 23.0 Å². The topological polar surface area (TPSA) is 105 Å². The summed E-state index contributed by atoms with van der Waals surface area (Å²) in [6.07, 6.45) is 1.76. The Morgan fingerprint density at radius 2 is 1.71 bits per heavy atom. The van der Waals surface area contributed by atoms with E-state index in [9.17, 15) is 14.4 Å². The van der Waals surface area contributed by atoms with E-state index in [1.165, 1.54) is 37.0 Å². The second kappa shape index (κ2) is 11.6. The molecule has 2 heterocycles. The fourth-order valence-corrected chi connectivity index (χ4v) is 5.59. The molecule has 0 N–H and O–H groups in total. The number of aromatic nitrogens is 1. The Bertz CT molecular complexity index is 1860. The quantitative estimate of drug-likeness (QED) is 0.243. The minimum Gasteiger partial charge on any atom is -0.493 e. The van der Waals surface area contributed by atoms with Gasteiger partial charge >= 0.3 is 11.9 Å². The summed E-state index contributed by atoms with van der Waals surface area (Å²) in [6.45, 7) is 2.99.